The summed E-state index contributed by atoms with van der Waals surface area (Å²) in [7, 11) is 0. The molecule has 0 bridgehead atoms. The third-order valence-corrected chi connectivity index (χ3v) is 4.62. The summed E-state index contributed by atoms with van der Waals surface area (Å²) in [6, 6.07) is 13.4. The first kappa shape index (κ1) is 16.0. The van der Waals surface area contributed by atoms with Gasteiger partial charge in [-0.3, -0.25) is 9.78 Å². The minimum absolute atomic E-state index is 0.312. The van der Waals surface area contributed by atoms with Crippen LogP contribution in [-0.4, -0.2) is 15.8 Å². The van der Waals surface area contributed by atoms with Crippen molar-refractivity contribution in [3.63, 3.8) is 0 Å². The first-order valence-electron chi connectivity index (χ1n) is 7.48. The summed E-state index contributed by atoms with van der Waals surface area (Å²) in [5, 5.41) is 11.9. The molecule has 1 aromatic carbocycles. The van der Waals surface area contributed by atoms with Crippen molar-refractivity contribution in [3.8, 4) is 16.6 Å². The molecule has 0 saturated heterocycles. The Morgan fingerprint density at radius 1 is 1.25 bits per heavy atom. The Kier molecular flexibility index (Phi) is 4.50. The van der Waals surface area contributed by atoms with E-state index in [4.69, 9.17) is 0 Å². The van der Waals surface area contributed by atoms with E-state index in [1.54, 1.807) is 29.8 Å². The van der Waals surface area contributed by atoms with Gasteiger partial charge in [-0.2, -0.15) is 5.26 Å². The molecule has 0 fully saturated rings. The number of hydrogen-bond acceptors (Lipinski definition) is 5. The Balaban J connectivity index is 1.92. The largest absolute Gasteiger partial charge is 0.290 e. The minimum Gasteiger partial charge on any atom is -0.290 e. The van der Waals surface area contributed by atoms with Crippen LogP contribution in [0.5, 0.6) is 0 Å². The van der Waals surface area contributed by atoms with Crippen LogP contribution >= 0.6 is 11.3 Å². The van der Waals surface area contributed by atoms with Crippen molar-refractivity contribution >= 4 is 17.1 Å². The predicted molar refractivity (Wildman–Crippen MR) is 93.9 cm³/mol. The molecule has 118 valence electrons. The molecule has 0 radical (unpaired) electrons. The first-order chi connectivity index (χ1) is 11.6. The van der Waals surface area contributed by atoms with Crippen LogP contribution < -0.4 is 0 Å². The second-order valence-electron chi connectivity index (χ2n) is 5.54. The normalized spacial score (nSPS) is 11.7. The molecule has 3 aromatic rings. The monoisotopic (exact) mass is 333 g/mol. The Bertz CT molecular complexity index is 925. The fourth-order valence-corrected chi connectivity index (χ4v) is 3.42. The zero-order chi connectivity index (χ0) is 17.1. The molecule has 0 spiro atoms. The number of thiazole rings is 1. The molecule has 0 N–H and O–H groups in total. The Morgan fingerprint density at radius 2 is 2.08 bits per heavy atom. The summed E-state index contributed by atoms with van der Waals surface area (Å²) in [6.07, 6.45) is 1.58. The summed E-state index contributed by atoms with van der Waals surface area (Å²) >= 11 is 1.41. The topological polar surface area (TPSA) is 66.6 Å². The number of Topliss-reactive ketones (excluding diaryl/α,β-unsaturated/α-hetero) is 1. The van der Waals surface area contributed by atoms with Crippen LogP contribution in [0.2, 0.25) is 0 Å². The SMILES string of the molecule is Cc1ccc(-c2nc(C(=O)[C@H](C#N)c3ccccn3)cs2)c(C)c1. The number of rotatable bonds is 4. The lowest BCUT2D eigenvalue weighted by molar-refractivity contribution is 0.0973. The van der Waals surface area contributed by atoms with Gasteiger partial charge in [0.1, 0.15) is 10.7 Å². The molecule has 3 rings (SSSR count). The quantitative estimate of drug-likeness (QED) is 0.667. The fraction of sp³-hybridized carbons (Fsp3) is 0.158. The molecule has 2 aromatic heterocycles. The van der Waals surface area contributed by atoms with E-state index in [0.717, 1.165) is 16.1 Å². The van der Waals surface area contributed by atoms with E-state index >= 15 is 0 Å². The maximum absolute atomic E-state index is 12.6. The van der Waals surface area contributed by atoms with Crippen LogP contribution in [0.15, 0.2) is 48.0 Å². The summed E-state index contributed by atoms with van der Waals surface area (Å²) in [6.45, 7) is 4.06. The highest BCUT2D eigenvalue weighted by Gasteiger charge is 2.25. The van der Waals surface area contributed by atoms with Crippen LogP contribution in [0.25, 0.3) is 10.6 Å². The number of hydrogen-bond donors (Lipinski definition) is 0. The minimum atomic E-state index is -0.930. The van der Waals surface area contributed by atoms with Crippen LogP contribution in [-0.2, 0) is 0 Å². The van der Waals surface area contributed by atoms with E-state index in [9.17, 15) is 10.1 Å². The predicted octanol–water partition coefficient (Wildman–Crippen LogP) is 4.31. The van der Waals surface area contributed by atoms with Gasteiger partial charge >= 0.3 is 0 Å². The number of benzene rings is 1. The van der Waals surface area contributed by atoms with Gasteiger partial charge in [0, 0.05) is 17.1 Å². The number of aryl methyl sites for hydroxylation is 2. The van der Waals surface area contributed by atoms with Gasteiger partial charge in [-0.1, -0.05) is 29.8 Å². The van der Waals surface area contributed by atoms with Crippen LogP contribution in [0, 0.1) is 25.2 Å². The number of nitrogens with zero attached hydrogens (tertiary/aromatic N) is 3. The highest BCUT2D eigenvalue weighted by atomic mass is 32.1. The van der Waals surface area contributed by atoms with E-state index in [0.29, 0.717) is 11.4 Å². The van der Waals surface area contributed by atoms with Crippen molar-refractivity contribution in [2.45, 2.75) is 19.8 Å². The summed E-state index contributed by atoms with van der Waals surface area (Å²) in [5.41, 5.74) is 4.07. The molecule has 0 saturated carbocycles. The van der Waals surface area contributed by atoms with Crippen LogP contribution in [0.4, 0.5) is 0 Å². The maximum atomic E-state index is 12.6. The standard InChI is InChI=1S/C19H15N3OS/c1-12-6-7-14(13(2)9-12)19-22-17(11-24-19)18(23)15(10-20)16-5-3-4-8-21-16/h3-9,11,15H,1-2H3/t15-/m1/s1. The van der Waals surface area contributed by atoms with Crippen molar-refractivity contribution in [1.29, 1.82) is 5.26 Å². The molecule has 0 aliphatic heterocycles. The molecule has 0 aliphatic rings. The third kappa shape index (κ3) is 3.10. The molecule has 0 unspecified atom stereocenters. The molecule has 0 aliphatic carbocycles. The van der Waals surface area contributed by atoms with Gasteiger partial charge < -0.3 is 0 Å². The van der Waals surface area contributed by atoms with Crippen LogP contribution in [0.3, 0.4) is 0 Å². The van der Waals surface area contributed by atoms with Gasteiger partial charge in [-0.15, -0.1) is 11.3 Å². The lowest BCUT2D eigenvalue weighted by Crippen LogP contribution is -2.13. The highest BCUT2D eigenvalue weighted by Crippen LogP contribution is 2.29. The molecule has 0 amide bonds. The van der Waals surface area contributed by atoms with E-state index in [-0.39, 0.29) is 5.78 Å². The van der Waals surface area contributed by atoms with Gasteiger partial charge in [-0.25, -0.2) is 4.98 Å². The number of ketones is 1. The summed E-state index contributed by atoms with van der Waals surface area (Å²) in [5.74, 6) is -1.25. The second kappa shape index (κ2) is 6.73. The lowest BCUT2D eigenvalue weighted by atomic mass is 9.99. The van der Waals surface area contributed by atoms with Crippen molar-refractivity contribution in [1.82, 2.24) is 9.97 Å². The van der Waals surface area contributed by atoms with Crippen LogP contribution in [0.1, 0.15) is 33.2 Å². The van der Waals surface area contributed by atoms with Gasteiger partial charge in [0.25, 0.3) is 0 Å². The smallest absolute Gasteiger partial charge is 0.205 e. The Hall–Kier alpha value is -2.84. The van der Waals surface area contributed by atoms with Gasteiger partial charge in [0.2, 0.25) is 5.78 Å². The number of carbonyl (C=O) groups is 1. The van der Waals surface area contributed by atoms with Crippen molar-refractivity contribution < 1.29 is 4.79 Å². The third-order valence-electron chi connectivity index (χ3n) is 3.74. The maximum Gasteiger partial charge on any atom is 0.205 e. The molecular weight excluding hydrogens is 318 g/mol. The Morgan fingerprint density at radius 3 is 2.75 bits per heavy atom. The summed E-state index contributed by atoms with van der Waals surface area (Å²) < 4.78 is 0. The molecule has 5 heteroatoms. The zero-order valence-electron chi connectivity index (χ0n) is 13.4. The number of pyridine rings is 1. The van der Waals surface area contributed by atoms with Crippen molar-refractivity contribution in [2.75, 3.05) is 0 Å². The summed E-state index contributed by atoms with van der Waals surface area (Å²) in [4.78, 5) is 21.2. The number of nitriles is 1. The zero-order valence-corrected chi connectivity index (χ0v) is 14.2. The average molecular weight is 333 g/mol. The molecule has 1 atom stereocenters. The fourth-order valence-electron chi connectivity index (χ4n) is 2.52. The average Bonchev–Trinajstić information content (AvgIpc) is 3.06. The lowest BCUT2D eigenvalue weighted by Gasteiger charge is -2.05. The molecule has 24 heavy (non-hydrogen) atoms. The van der Waals surface area contributed by atoms with Gasteiger partial charge in [0.15, 0.2) is 5.92 Å². The first-order valence-corrected chi connectivity index (χ1v) is 8.36. The Labute approximate surface area is 144 Å². The van der Waals surface area contributed by atoms with Crippen molar-refractivity contribution in [3.05, 3.63) is 70.5 Å². The molecular formula is C19H15N3OS. The molecule has 4 nitrogen and oxygen atoms in total. The second-order valence-corrected chi connectivity index (χ2v) is 6.40. The van der Waals surface area contributed by atoms with E-state index in [1.165, 1.54) is 16.9 Å². The van der Waals surface area contributed by atoms with Gasteiger partial charge in [-0.05, 0) is 31.5 Å². The number of aromatic nitrogens is 2. The molecule has 2 heterocycles. The van der Waals surface area contributed by atoms with E-state index in [2.05, 4.69) is 16.0 Å². The number of carbonyl (C=O) groups excluding carboxylic acids is 1. The van der Waals surface area contributed by atoms with E-state index < -0.39 is 5.92 Å². The van der Waals surface area contributed by atoms with Crippen molar-refractivity contribution in [2.24, 2.45) is 0 Å². The highest BCUT2D eigenvalue weighted by molar-refractivity contribution is 7.13. The van der Waals surface area contributed by atoms with Gasteiger partial charge in [0.05, 0.1) is 11.8 Å². The van der Waals surface area contributed by atoms with E-state index in [1.807, 2.05) is 32.0 Å².